The van der Waals surface area contributed by atoms with Crippen LogP contribution in [-0.2, 0) is 0 Å². The number of aryl methyl sites for hydroxylation is 2. The summed E-state index contributed by atoms with van der Waals surface area (Å²) in [6.45, 7) is 10.0. The highest BCUT2D eigenvalue weighted by Crippen LogP contribution is 2.22. The van der Waals surface area contributed by atoms with Gasteiger partial charge in [-0.15, -0.1) is 0 Å². The maximum Gasteiger partial charge on any atom is 0.0369 e. The number of benzene rings is 1. The Morgan fingerprint density at radius 2 is 1.88 bits per heavy atom. The zero-order valence-corrected chi connectivity index (χ0v) is 11.3. The molecule has 1 aromatic rings. The van der Waals surface area contributed by atoms with Gasteiger partial charge in [-0.25, -0.2) is 0 Å². The third kappa shape index (κ3) is 3.01. The lowest BCUT2D eigenvalue weighted by Gasteiger charge is -2.34. The van der Waals surface area contributed by atoms with E-state index in [-0.39, 0.29) is 0 Å². The molecular weight excluding hydrogens is 208 g/mol. The number of hydrogen-bond donors (Lipinski definition) is 1. The molecule has 1 aliphatic heterocycles. The van der Waals surface area contributed by atoms with Gasteiger partial charge >= 0.3 is 0 Å². The molecule has 0 radical (unpaired) electrons. The molecule has 0 aliphatic carbocycles. The first-order valence-electron chi connectivity index (χ1n) is 6.76. The highest BCUT2D eigenvalue weighted by Gasteiger charge is 2.18. The largest absolute Gasteiger partial charge is 0.371 e. The van der Waals surface area contributed by atoms with Crippen molar-refractivity contribution in [1.82, 2.24) is 5.32 Å². The second kappa shape index (κ2) is 5.54. The van der Waals surface area contributed by atoms with Crippen LogP contribution in [0.2, 0.25) is 0 Å². The van der Waals surface area contributed by atoms with E-state index in [1.54, 1.807) is 0 Å². The summed E-state index contributed by atoms with van der Waals surface area (Å²) in [5, 5.41) is 3.55. The number of rotatable bonds is 3. The van der Waals surface area contributed by atoms with Crippen LogP contribution in [-0.4, -0.2) is 25.7 Å². The molecule has 0 saturated carbocycles. The molecule has 0 aromatic heterocycles. The van der Waals surface area contributed by atoms with Crippen molar-refractivity contribution >= 4 is 5.69 Å². The molecule has 1 fully saturated rings. The third-order valence-electron chi connectivity index (χ3n) is 3.84. The van der Waals surface area contributed by atoms with Crippen LogP contribution >= 0.6 is 0 Å². The smallest absolute Gasteiger partial charge is 0.0369 e. The van der Waals surface area contributed by atoms with Gasteiger partial charge in [0.2, 0.25) is 0 Å². The molecule has 2 rings (SSSR count). The zero-order valence-electron chi connectivity index (χ0n) is 11.3. The number of nitrogens with one attached hydrogen (secondary N) is 1. The molecule has 0 bridgehead atoms. The lowest BCUT2D eigenvalue weighted by molar-refractivity contribution is 0.424. The zero-order chi connectivity index (χ0) is 12.3. The Hall–Kier alpha value is -1.02. The van der Waals surface area contributed by atoms with Crippen molar-refractivity contribution in [3.8, 4) is 0 Å². The van der Waals surface area contributed by atoms with E-state index in [4.69, 9.17) is 0 Å². The quantitative estimate of drug-likeness (QED) is 0.862. The van der Waals surface area contributed by atoms with Gasteiger partial charge in [0.1, 0.15) is 0 Å². The number of nitrogens with zero attached hydrogens (tertiary/aromatic N) is 1. The summed E-state index contributed by atoms with van der Waals surface area (Å²) in [5.41, 5.74) is 4.18. The van der Waals surface area contributed by atoms with Crippen LogP contribution in [0.5, 0.6) is 0 Å². The summed E-state index contributed by atoms with van der Waals surface area (Å²) in [6, 6.07) is 7.54. The lowest BCUT2D eigenvalue weighted by Crippen LogP contribution is -2.42. The topological polar surface area (TPSA) is 15.3 Å². The van der Waals surface area contributed by atoms with Gasteiger partial charge in [-0.3, -0.25) is 0 Å². The van der Waals surface area contributed by atoms with Crippen molar-refractivity contribution in [2.75, 3.05) is 24.5 Å². The van der Waals surface area contributed by atoms with Crippen molar-refractivity contribution in [1.29, 1.82) is 0 Å². The fourth-order valence-corrected chi connectivity index (χ4v) is 2.55. The summed E-state index contributed by atoms with van der Waals surface area (Å²) >= 11 is 0. The Kier molecular flexibility index (Phi) is 4.06. The van der Waals surface area contributed by atoms with Gasteiger partial charge in [0, 0.05) is 24.8 Å². The van der Waals surface area contributed by atoms with Crippen molar-refractivity contribution in [2.45, 2.75) is 39.7 Å². The third-order valence-corrected chi connectivity index (χ3v) is 3.84. The highest BCUT2D eigenvalue weighted by molar-refractivity contribution is 5.50. The Morgan fingerprint density at radius 1 is 1.18 bits per heavy atom. The van der Waals surface area contributed by atoms with Crippen molar-refractivity contribution < 1.29 is 0 Å². The van der Waals surface area contributed by atoms with Gasteiger partial charge in [-0.05, 0) is 56.5 Å². The molecule has 1 saturated heterocycles. The van der Waals surface area contributed by atoms with Gasteiger partial charge in [-0.2, -0.15) is 0 Å². The average Bonchev–Trinajstić information content (AvgIpc) is 2.34. The molecule has 1 heterocycles. The molecule has 0 amide bonds. The second-order valence-electron chi connectivity index (χ2n) is 5.09. The van der Waals surface area contributed by atoms with Gasteiger partial charge in [0.15, 0.2) is 0 Å². The molecule has 1 aromatic carbocycles. The molecule has 2 heteroatoms. The lowest BCUT2D eigenvalue weighted by atomic mass is 10.0. The molecule has 0 unspecified atom stereocenters. The molecule has 94 valence electrons. The molecule has 1 aliphatic rings. The Balaban J connectivity index is 1.98. The summed E-state index contributed by atoms with van der Waals surface area (Å²) in [7, 11) is 0. The van der Waals surface area contributed by atoms with Gasteiger partial charge in [0.05, 0.1) is 0 Å². The monoisotopic (exact) mass is 232 g/mol. The van der Waals surface area contributed by atoms with E-state index >= 15 is 0 Å². The van der Waals surface area contributed by atoms with Crippen LogP contribution < -0.4 is 10.2 Å². The fraction of sp³-hybridized carbons (Fsp3) is 0.600. The summed E-state index contributed by atoms with van der Waals surface area (Å²) < 4.78 is 0. The number of hydrogen-bond acceptors (Lipinski definition) is 2. The Morgan fingerprint density at radius 3 is 2.47 bits per heavy atom. The number of piperidine rings is 1. The van der Waals surface area contributed by atoms with Gasteiger partial charge in [0.25, 0.3) is 0 Å². The van der Waals surface area contributed by atoms with E-state index in [1.807, 2.05) is 0 Å². The molecule has 0 spiro atoms. The van der Waals surface area contributed by atoms with Crippen LogP contribution in [0, 0.1) is 13.8 Å². The summed E-state index contributed by atoms with van der Waals surface area (Å²) in [4.78, 5) is 2.51. The molecule has 2 nitrogen and oxygen atoms in total. The van der Waals surface area contributed by atoms with Crippen LogP contribution in [0.25, 0.3) is 0 Å². The standard InChI is InChI=1S/C15H24N2/c1-4-16-14-7-9-17(10-8-14)15-6-5-12(2)13(3)11-15/h5-6,11,14,16H,4,7-10H2,1-3H3. The second-order valence-corrected chi connectivity index (χ2v) is 5.09. The Bertz CT molecular complexity index is 365. The average molecular weight is 232 g/mol. The first kappa shape index (κ1) is 12.4. The van der Waals surface area contributed by atoms with E-state index < -0.39 is 0 Å². The highest BCUT2D eigenvalue weighted by atomic mass is 15.1. The van der Waals surface area contributed by atoms with Crippen LogP contribution in [0.4, 0.5) is 5.69 Å². The van der Waals surface area contributed by atoms with E-state index in [0.717, 1.165) is 12.6 Å². The first-order valence-corrected chi connectivity index (χ1v) is 6.76. The molecule has 17 heavy (non-hydrogen) atoms. The SMILES string of the molecule is CCNC1CCN(c2ccc(C)c(C)c2)CC1. The molecular formula is C15H24N2. The molecule has 0 atom stereocenters. The fourth-order valence-electron chi connectivity index (χ4n) is 2.55. The first-order chi connectivity index (χ1) is 8.20. The predicted molar refractivity (Wildman–Crippen MR) is 74.8 cm³/mol. The van der Waals surface area contributed by atoms with Crippen molar-refractivity contribution in [3.63, 3.8) is 0 Å². The van der Waals surface area contributed by atoms with Crippen LogP contribution in [0.3, 0.4) is 0 Å². The van der Waals surface area contributed by atoms with E-state index in [2.05, 4.69) is 49.2 Å². The normalized spacial score (nSPS) is 17.5. The minimum absolute atomic E-state index is 0.725. The Labute approximate surface area is 105 Å². The van der Waals surface area contributed by atoms with E-state index in [9.17, 15) is 0 Å². The van der Waals surface area contributed by atoms with Gasteiger partial charge < -0.3 is 10.2 Å². The van der Waals surface area contributed by atoms with E-state index in [1.165, 1.54) is 42.7 Å². The predicted octanol–water partition coefficient (Wildman–Crippen LogP) is 2.88. The minimum atomic E-state index is 0.725. The molecule has 1 N–H and O–H groups in total. The minimum Gasteiger partial charge on any atom is -0.371 e. The van der Waals surface area contributed by atoms with Crippen molar-refractivity contribution in [2.24, 2.45) is 0 Å². The summed E-state index contributed by atoms with van der Waals surface area (Å²) in [6.07, 6.45) is 2.53. The maximum atomic E-state index is 3.55. The number of anilines is 1. The summed E-state index contributed by atoms with van der Waals surface area (Å²) in [5.74, 6) is 0. The van der Waals surface area contributed by atoms with Gasteiger partial charge in [-0.1, -0.05) is 13.0 Å². The van der Waals surface area contributed by atoms with Crippen molar-refractivity contribution in [3.05, 3.63) is 29.3 Å². The van der Waals surface area contributed by atoms with E-state index in [0.29, 0.717) is 0 Å². The van der Waals surface area contributed by atoms with Crippen LogP contribution in [0.15, 0.2) is 18.2 Å². The maximum absolute atomic E-state index is 3.55. The van der Waals surface area contributed by atoms with Crippen LogP contribution in [0.1, 0.15) is 30.9 Å².